The molecule has 0 bridgehead atoms. The highest BCUT2D eigenvalue weighted by atomic mass is 35.5. The number of nitrogens with zero attached hydrogens (tertiary/aromatic N) is 4. The number of hydrogen-bond donors (Lipinski definition) is 0. The molecule has 5 nitrogen and oxygen atoms in total. The summed E-state index contributed by atoms with van der Waals surface area (Å²) in [6.07, 6.45) is 0.314. The maximum absolute atomic E-state index is 12.6. The van der Waals surface area contributed by atoms with E-state index in [2.05, 4.69) is 5.10 Å². The standard InChI is InChI=1S/C17H19ClN4O/c1-12-16(17(23)21(3)10-6-9-19)13(2)22(20-12)11-14-7-4-5-8-15(14)18/h4-5,7-8H,6,10-11H2,1-3H3. The smallest absolute Gasteiger partial charge is 0.257 e. The van der Waals surface area contributed by atoms with Gasteiger partial charge in [-0.25, -0.2) is 0 Å². The normalized spacial score (nSPS) is 10.4. The van der Waals surface area contributed by atoms with Crippen LogP contribution in [0.25, 0.3) is 0 Å². The van der Waals surface area contributed by atoms with E-state index in [4.69, 9.17) is 16.9 Å². The monoisotopic (exact) mass is 330 g/mol. The number of carbonyl (C=O) groups excluding carboxylic acids is 1. The summed E-state index contributed by atoms with van der Waals surface area (Å²) in [5.41, 5.74) is 3.04. The quantitative estimate of drug-likeness (QED) is 0.845. The van der Waals surface area contributed by atoms with Crippen LogP contribution in [0.15, 0.2) is 24.3 Å². The predicted molar refractivity (Wildman–Crippen MR) is 89.4 cm³/mol. The molecule has 0 saturated heterocycles. The number of carbonyl (C=O) groups is 1. The van der Waals surface area contributed by atoms with Crippen molar-refractivity contribution in [2.75, 3.05) is 13.6 Å². The van der Waals surface area contributed by atoms with Crippen LogP contribution in [0.5, 0.6) is 0 Å². The Bertz CT molecular complexity index is 760. The molecule has 0 spiro atoms. The third-order valence-corrected chi connectivity index (χ3v) is 4.15. The number of halogens is 1. The van der Waals surface area contributed by atoms with Gasteiger partial charge in [-0.1, -0.05) is 29.8 Å². The van der Waals surface area contributed by atoms with Crippen molar-refractivity contribution in [3.8, 4) is 6.07 Å². The molecule has 0 aliphatic carbocycles. The van der Waals surface area contributed by atoms with Crippen molar-refractivity contribution < 1.29 is 4.79 Å². The molecule has 0 atom stereocenters. The van der Waals surface area contributed by atoms with Gasteiger partial charge in [-0.15, -0.1) is 0 Å². The molecule has 120 valence electrons. The van der Waals surface area contributed by atoms with Crippen LogP contribution in [0.2, 0.25) is 5.02 Å². The molecule has 1 aromatic heterocycles. The van der Waals surface area contributed by atoms with Gasteiger partial charge < -0.3 is 4.90 Å². The van der Waals surface area contributed by atoms with Gasteiger partial charge in [0.25, 0.3) is 5.91 Å². The predicted octanol–water partition coefficient (Wildman–Crippen LogP) is 3.19. The number of aryl methyl sites for hydroxylation is 1. The van der Waals surface area contributed by atoms with E-state index in [0.29, 0.717) is 35.8 Å². The lowest BCUT2D eigenvalue weighted by Crippen LogP contribution is -2.28. The summed E-state index contributed by atoms with van der Waals surface area (Å²) < 4.78 is 1.79. The van der Waals surface area contributed by atoms with E-state index in [1.165, 1.54) is 0 Å². The van der Waals surface area contributed by atoms with Crippen LogP contribution in [0, 0.1) is 25.2 Å². The Hall–Kier alpha value is -2.32. The molecule has 0 fully saturated rings. The number of amides is 1. The van der Waals surface area contributed by atoms with Crippen LogP contribution in [-0.2, 0) is 6.54 Å². The van der Waals surface area contributed by atoms with Crippen molar-refractivity contribution in [2.24, 2.45) is 0 Å². The Morgan fingerprint density at radius 2 is 2.09 bits per heavy atom. The minimum absolute atomic E-state index is 0.111. The first kappa shape index (κ1) is 17.0. The Balaban J connectivity index is 2.28. The highest BCUT2D eigenvalue weighted by Crippen LogP contribution is 2.20. The second-order valence-electron chi connectivity index (χ2n) is 5.43. The van der Waals surface area contributed by atoms with Gasteiger partial charge in [0.15, 0.2) is 0 Å². The van der Waals surface area contributed by atoms with Crippen molar-refractivity contribution in [1.29, 1.82) is 5.26 Å². The number of rotatable bonds is 5. The third kappa shape index (κ3) is 3.72. The van der Waals surface area contributed by atoms with E-state index < -0.39 is 0 Å². The number of hydrogen-bond acceptors (Lipinski definition) is 3. The number of benzene rings is 1. The first-order valence-corrected chi connectivity index (χ1v) is 7.73. The molecular weight excluding hydrogens is 312 g/mol. The van der Waals surface area contributed by atoms with E-state index >= 15 is 0 Å². The molecule has 23 heavy (non-hydrogen) atoms. The SMILES string of the molecule is Cc1nn(Cc2ccccc2Cl)c(C)c1C(=O)N(C)CCC#N. The maximum Gasteiger partial charge on any atom is 0.257 e. The Morgan fingerprint density at radius 3 is 2.74 bits per heavy atom. The van der Waals surface area contributed by atoms with Crippen LogP contribution >= 0.6 is 11.6 Å². The number of nitriles is 1. The van der Waals surface area contributed by atoms with Gasteiger partial charge in [0.05, 0.1) is 30.3 Å². The van der Waals surface area contributed by atoms with E-state index in [9.17, 15) is 4.79 Å². The topological polar surface area (TPSA) is 61.9 Å². The third-order valence-electron chi connectivity index (χ3n) is 3.78. The minimum Gasteiger partial charge on any atom is -0.341 e. The summed E-state index contributed by atoms with van der Waals surface area (Å²) in [7, 11) is 1.70. The summed E-state index contributed by atoms with van der Waals surface area (Å²) in [6, 6.07) is 9.64. The lowest BCUT2D eigenvalue weighted by atomic mass is 10.1. The van der Waals surface area contributed by atoms with Crippen LogP contribution in [-0.4, -0.2) is 34.2 Å². The molecule has 0 aliphatic heterocycles. The van der Waals surface area contributed by atoms with Gasteiger partial charge in [-0.05, 0) is 25.5 Å². The molecule has 2 aromatic rings. The van der Waals surface area contributed by atoms with Crippen molar-refractivity contribution in [3.05, 3.63) is 51.8 Å². The molecule has 1 amide bonds. The lowest BCUT2D eigenvalue weighted by Gasteiger charge is -2.15. The maximum atomic E-state index is 12.6. The zero-order chi connectivity index (χ0) is 17.0. The zero-order valence-electron chi connectivity index (χ0n) is 13.5. The molecule has 1 heterocycles. The Morgan fingerprint density at radius 1 is 1.39 bits per heavy atom. The fourth-order valence-corrected chi connectivity index (χ4v) is 2.65. The Kier molecular flexibility index (Phi) is 5.41. The minimum atomic E-state index is -0.111. The van der Waals surface area contributed by atoms with Crippen LogP contribution in [0.1, 0.15) is 33.7 Å². The molecule has 2 rings (SSSR count). The fraction of sp³-hybridized carbons (Fsp3) is 0.353. The zero-order valence-corrected chi connectivity index (χ0v) is 14.3. The average molecular weight is 331 g/mol. The summed E-state index contributed by atoms with van der Waals surface area (Å²) in [6.45, 7) is 4.62. The largest absolute Gasteiger partial charge is 0.341 e. The van der Waals surface area contributed by atoms with E-state index in [1.807, 2.05) is 44.2 Å². The van der Waals surface area contributed by atoms with Gasteiger partial charge >= 0.3 is 0 Å². The summed E-state index contributed by atoms with van der Waals surface area (Å²) >= 11 is 6.20. The molecule has 0 radical (unpaired) electrons. The highest BCUT2D eigenvalue weighted by Gasteiger charge is 2.21. The fourth-order valence-electron chi connectivity index (χ4n) is 2.46. The van der Waals surface area contributed by atoms with Crippen LogP contribution < -0.4 is 0 Å². The first-order valence-electron chi connectivity index (χ1n) is 7.35. The van der Waals surface area contributed by atoms with Crippen molar-refractivity contribution in [1.82, 2.24) is 14.7 Å². The van der Waals surface area contributed by atoms with Crippen LogP contribution in [0.4, 0.5) is 0 Å². The van der Waals surface area contributed by atoms with Crippen molar-refractivity contribution >= 4 is 17.5 Å². The lowest BCUT2D eigenvalue weighted by molar-refractivity contribution is 0.0796. The van der Waals surface area contributed by atoms with Gasteiger partial charge in [-0.2, -0.15) is 10.4 Å². The molecule has 0 unspecified atom stereocenters. The highest BCUT2D eigenvalue weighted by molar-refractivity contribution is 6.31. The van der Waals surface area contributed by atoms with Gasteiger partial charge in [-0.3, -0.25) is 9.48 Å². The Labute approximate surface area is 141 Å². The van der Waals surface area contributed by atoms with E-state index in [-0.39, 0.29) is 5.91 Å². The van der Waals surface area contributed by atoms with Crippen molar-refractivity contribution in [3.63, 3.8) is 0 Å². The second kappa shape index (κ2) is 7.30. The average Bonchev–Trinajstić information content (AvgIpc) is 2.80. The molecule has 1 aromatic carbocycles. The molecule has 0 aliphatic rings. The van der Waals surface area contributed by atoms with Crippen molar-refractivity contribution in [2.45, 2.75) is 26.8 Å². The molecular formula is C17H19ClN4O. The van der Waals surface area contributed by atoms with E-state index in [1.54, 1.807) is 16.6 Å². The number of aromatic nitrogens is 2. The molecule has 0 saturated carbocycles. The second-order valence-corrected chi connectivity index (χ2v) is 5.84. The molecule has 6 heteroatoms. The van der Waals surface area contributed by atoms with E-state index in [0.717, 1.165) is 11.3 Å². The summed E-state index contributed by atoms with van der Waals surface area (Å²) in [5.74, 6) is -0.111. The first-order chi connectivity index (χ1) is 11.0. The van der Waals surface area contributed by atoms with Gasteiger partial charge in [0, 0.05) is 24.3 Å². The summed E-state index contributed by atoms with van der Waals surface area (Å²) in [4.78, 5) is 14.1. The van der Waals surface area contributed by atoms with Gasteiger partial charge in [0.2, 0.25) is 0 Å². The summed E-state index contributed by atoms with van der Waals surface area (Å²) in [5, 5.41) is 13.8. The van der Waals surface area contributed by atoms with Crippen LogP contribution in [0.3, 0.4) is 0 Å². The van der Waals surface area contributed by atoms with Gasteiger partial charge in [0.1, 0.15) is 0 Å². The molecule has 0 N–H and O–H groups in total.